The van der Waals surface area contributed by atoms with Crippen molar-refractivity contribution in [2.24, 2.45) is 5.73 Å². The van der Waals surface area contributed by atoms with Gasteiger partial charge in [0.2, 0.25) is 0 Å². The van der Waals surface area contributed by atoms with Crippen LogP contribution in [0.15, 0.2) is 0 Å². The summed E-state index contributed by atoms with van der Waals surface area (Å²) >= 11 is -2.37. The summed E-state index contributed by atoms with van der Waals surface area (Å²) in [4.78, 5) is 11.2. The zero-order valence-corrected chi connectivity index (χ0v) is 9.87. The van der Waals surface area contributed by atoms with E-state index in [1.807, 2.05) is 0 Å². The fourth-order valence-corrected chi connectivity index (χ4v) is 1.23. The van der Waals surface area contributed by atoms with Gasteiger partial charge in [0.1, 0.15) is 6.10 Å². The van der Waals surface area contributed by atoms with Crippen molar-refractivity contribution in [1.29, 1.82) is 0 Å². The highest BCUT2D eigenvalue weighted by Crippen LogP contribution is 2.01. The second-order valence-electron chi connectivity index (χ2n) is 3.51. The summed E-state index contributed by atoms with van der Waals surface area (Å²) in [5.74, 6) is -0.467. The number of ether oxygens (including phenoxy) is 1. The molecule has 4 unspecified atom stereocenters. The average molecular weight is 237 g/mol. The Kier molecular flexibility index (Phi) is 6.66. The quantitative estimate of drug-likeness (QED) is 0.475. The topological polar surface area (TPSA) is 104 Å². The lowest BCUT2D eigenvalue weighted by Crippen LogP contribution is -2.36. The Morgan fingerprint density at radius 3 is 2.47 bits per heavy atom. The Hall–Kier alpha value is -0.500. The Bertz CT molecular complexity index is 235. The number of rotatable bonds is 6. The van der Waals surface area contributed by atoms with Crippen LogP contribution >= 0.6 is 0 Å². The first kappa shape index (κ1) is 14.5. The van der Waals surface area contributed by atoms with Crippen molar-refractivity contribution in [3.05, 3.63) is 0 Å². The molecule has 0 aromatic rings. The second-order valence-corrected chi connectivity index (χ2v) is 4.22. The number of esters is 1. The maximum absolute atomic E-state index is 11.2. The number of carbonyl (C=O) groups excluding carboxylic acids is 1. The molecule has 0 radical (unpaired) electrons. The first-order chi connectivity index (χ1) is 6.82. The Morgan fingerprint density at radius 2 is 2.07 bits per heavy atom. The van der Waals surface area contributed by atoms with Crippen LogP contribution in [0.2, 0.25) is 0 Å². The maximum atomic E-state index is 11.2. The van der Waals surface area contributed by atoms with E-state index in [0.29, 0.717) is 0 Å². The first-order valence-electron chi connectivity index (χ1n) is 4.63. The molecule has 0 saturated carbocycles. The third-order valence-corrected chi connectivity index (χ3v) is 2.42. The van der Waals surface area contributed by atoms with Crippen molar-refractivity contribution >= 4 is 17.2 Å². The Morgan fingerprint density at radius 1 is 1.53 bits per heavy atom. The molecule has 3 N–H and O–H groups in total. The number of hydrogen-bond acceptors (Lipinski definition) is 5. The number of hydrogen-bond donors (Lipinski definition) is 2. The van der Waals surface area contributed by atoms with Crippen LogP contribution in [-0.4, -0.2) is 32.9 Å². The highest BCUT2D eigenvalue weighted by Gasteiger charge is 2.15. The molecule has 0 spiro atoms. The zero-order chi connectivity index (χ0) is 12.0. The van der Waals surface area contributed by atoms with Gasteiger partial charge in [-0.25, -0.2) is 4.72 Å². The largest absolute Gasteiger partial charge is 0.760 e. The van der Waals surface area contributed by atoms with E-state index in [1.165, 1.54) is 0 Å². The first-order valence-corrected chi connectivity index (χ1v) is 5.71. The Balaban J connectivity index is 3.88. The molecule has 0 heterocycles. The lowest BCUT2D eigenvalue weighted by atomic mass is 10.2. The van der Waals surface area contributed by atoms with Crippen molar-refractivity contribution < 1.29 is 18.3 Å². The normalized spacial score (nSPS) is 19.0. The molecule has 0 saturated heterocycles. The summed E-state index contributed by atoms with van der Waals surface area (Å²) in [7, 11) is 0. The van der Waals surface area contributed by atoms with Crippen molar-refractivity contribution in [2.75, 3.05) is 0 Å². The third-order valence-electron chi connectivity index (χ3n) is 1.83. The van der Waals surface area contributed by atoms with E-state index >= 15 is 0 Å². The minimum absolute atomic E-state index is 0.00889. The van der Waals surface area contributed by atoms with Crippen LogP contribution in [-0.2, 0) is 20.8 Å². The molecule has 90 valence electrons. The van der Waals surface area contributed by atoms with E-state index in [2.05, 4.69) is 4.72 Å². The SMILES string of the molecule is CC(CC(=O)OC(C)C(C)N)NS(=O)[O-]. The van der Waals surface area contributed by atoms with E-state index in [1.54, 1.807) is 20.8 Å². The van der Waals surface area contributed by atoms with Gasteiger partial charge in [-0.05, 0) is 20.8 Å². The summed E-state index contributed by atoms with van der Waals surface area (Å²) < 4.78 is 27.6. The van der Waals surface area contributed by atoms with Crippen LogP contribution in [0.1, 0.15) is 27.2 Å². The monoisotopic (exact) mass is 237 g/mol. The second kappa shape index (κ2) is 6.89. The predicted octanol–water partition coefficient (Wildman–Crippen LogP) is -0.572. The van der Waals surface area contributed by atoms with Crippen molar-refractivity contribution in [1.82, 2.24) is 4.72 Å². The molecular weight excluding hydrogens is 220 g/mol. The van der Waals surface area contributed by atoms with Gasteiger partial charge < -0.3 is 15.0 Å². The van der Waals surface area contributed by atoms with Crippen LogP contribution in [0.4, 0.5) is 0 Å². The van der Waals surface area contributed by atoms with Gasteiger partial charge in [-0.15, -0.1) is 0 Å². The lowest BCUT2D eigenvalue weighted by Gasteiger charge is -2.19. The van der Waals surface area contributed by atoms with Crippen LogP contribution in [0.3, 0.4) is 0 Å². The molecule has 15 heavy (non-hydrogen) atoms. The van der Waals surface area contributed by atoms with E-state index in [0.717, 1.165) is 0 Å². The number of nitrogens with two attached hydrogens (primary N) is 1. The highest BCUT2D eigenvalue weighted by molar-refractivity contribution is 7.77. The summed E-state index contributed by atoms with van der Waals surface area (Å²) in [6.45, 7) is 4.99. The molecule has 4 atom stereocenters. The molecular formula is C8H17N2O4S-. The van der Waals surface area contributed by atoms with E-state index in [-0.39, 0.29) is 18.6 Å². The Labute approximate surface area is 92.0 Å². The third kappa shape index (κ3) is 7.43. The van der Waals surface area contributed by atoms with Crippen LogP contribution < -0.4 is 10.5 Å². The van der Waals surface area contributed by atoms with Gasteiger partial charge in [-0.1, -0.05) is 0 Å². The minimum atomic E-state index is -2.37. The van der Waals surface area contributed by atoms with E-state index in [4.69, 9.17) is 10.5 Å². The molecule has 0 aliphatic rings. The zero-order valence-electron chi connectivity index (χ0n) is 9.06. The smallest absolute Gasteiger partial charge is 0.307 e. The molecule has 0 aromatic heterocycles. The molecule has 7 heteroatoms. The van der Waals surface area contributed by atoms with Crippen molar-refractivity contribution in [2.45, 2.75) is 45.4 Å². The molecule has 0 aliphatic carbocycles. The molecule has 0 aliphatic heterocycles. The summed E-state index contributed by atoms with van der Waals surface area (Å²) in [6.07, 6.45) is -0.382. The molecule has 0 amide bonds. The maximum Gasteiger partial charge on any atom is 0.307 e. The van der Waals surface area contributed by atoms with Gasteiger partial charge in [-0.3, -0.25) is 9.00 Å². The standard InChI is InChI=1S/C8H18N2O4S/c1-5(10-15(12)13)4-8(11)14-7(3)6(2)9/h5-7,10H,4,9H2,1-3H3,(H,12,13)/p-1. The van der Waals surface area contributed by atoms with Gasteiger partial charge in [0, 0.05) is 23.4 Å². The van der Waals surface area contributed by atoms with E-state index < -0.39 is 23.3 Å². The van der Waals surface area contributed by atoms with Gasteiger partial charge >= 0.3 is 5.97 Å². The fraction of sp³-hybridized carbons (Fsp3) is 0.875. The molecule has 0 rings (SSSR count). The fourth-order valence-electron chi connectivity index (χ4n) is 0.819. The minimum Gasteiger partial charge on any atom is -0.760 e. The summed E-state index contributed by atoms with van der Waals surface area (Å²) in [5.41, 5.74) is 5.50. The van der Waals surface area contributed by atoms with Crippen LogP contribution in [0.25, 0.3) is 0 Å². The van der Waals surface area contributed by atoms with Crippen LogP contribution in [0, 0.1) is 0 Å². The molecule has 0 fully saturated rings. The molecule has 0 bridgehead atoms. The molecule has 0 aromatic carbocycles. The highest BCUT2D eigenvalue weighted by atomic mass is 32.2. The number of carbonyl (C=O) groups is 1. The van der Waals surface area contributed by atoms with Crippen molar-refractivity contribution in [3.63, 3.8) is 0 Å². The lowest BCUT2D eigenvalue weighted by molar-refractivity contribution is -0.149. The predicted molar refractivity (Wildman–Crippen MR) is 55.3 cm³/mol. The van der Waals surface area contributed by atoms with Crippen molar-refractivity contribution in [3.8, 4) is 0 Å². The van der Waals surface area contributed by atoms with Gasteiger partial charge in [0.15, 0.2) is 0 Å². The molecule has 6 nitrogen and oxygen atoms in total. The van der Waals surface area contributed by atoms with Gasteiger partial charge in [0.25, 0.3) is 0 Å². The summed E-state index contributed by atoms with van der Waals surface area (Å²) in [5, 5.41) is 0. The van der Waals surface area contributed by atoms with E-state index in [9.17, 15) is 13.6 Å². The summed E-state index contributed by atoms with van der Waals surface area (Å²) in [6, 6.07) is -0.720. The van der Waals surface area contributed by atoms with Gasteiger partial charge in [0.05, 0.1) is 6.42 Å². The van der Waals surface area contributed by atoms with Gasteiger partial charge in [-0.2, -0.15) is 0 Å². The number of nitrogens with one attached hydrogen (secondary N) is 1. The van der Waals surface area contributed by atoms with Crippen LogP contribution in [0.5, 0.6) is 0 Å². The average Bonchev–Trinajstić information content (AvgIpc) is 2.00.